The molecule has 0 fully saturated rings. The van der Waals surface area contributed by atoms with Crippen molar-refractivity contribution in [1.82, 2.24) is 14.0 Å². The molecule has 0 unspecified atom stereocenters. The Balaban J connectivity index is 1.68. The van der Waals surface area contributed by atoms with E-state index in [9.17, 15) is 9.59 Å². The predicted octanol–water partition coefficient (Wildman–Crippen LogP) is 2.81. The van der Waals surface area contributed by atoms with Crippen LogP contribution < -0.4 is 11.2 Å². The highest BCUT2D eigenvalue weighted by atomic mass is 35.5. The van der Waals surface area contributed by atoms with E-state index in [1.54, 1.807) is 23.7 Å². The highest BCUT2D eigenvalue weighted by Crippen LogP contribution is 2.17. The molecule has 5 nitrogen and oxygen atoms in total. The minimum Gasteiger partial charge on any atom is -0.300 e. The second-order valence-corrected chi connectivity index (χ2v) is 7.67. The average Bonchev–Trinajstić information content (AvgIpc) is 2.70. The molecule has 3 aromatic rings. The molecule has 6 heteroatoms. The van der Waals surface area contributed by atoms with Crippen molar-refractivity contribution in [3.05, 3.63) is 103 Å². The second kappa shape index (κ2) is 7.78. The minimum atomic E-state index is -0.278. The molecule has 0 aliphatic carbocycles. The third-order valence-corrected chi connectivity index (χ3v) is 5.53. The van der Waals surface area contributed by atoms with E-state index >= 15 is 0 Å². The fraction of sp³-hybridized carbons (Fsp3) is 0.273. The van der Waals surface area contributed by atoms with Crippen molar-refractivity contribution < 1.29 is 0 Å². The van der Waals surface area contributed by atoms with Crippen molar-refractivity contribution in [3.63, 3.8) is 0 Å². The standard InChI is InChI=1S/C22H22ClN3O2/c1-24-20-10-11-25(13-16-6-3-2-4-7-16)15-19(20)21(27)26(22(24)28)14-17-8-5-9-18(23)12-17/h2-9,12H,10-11,13-15H2,1H3. The molecule has 1 aliphatic heterocycles. The molecule has 0 radical (unpaired) electrons. The lowest BCUT2D eigenvalue weighted by atomic mass is 10.1. The average molecular weight is 396 g/mol. The van der Waals surface area contributed by atoms with E-state index in [4.69, 9.17) is 11.6 Å². The van der Waals surface area contributed by atoms with Crippen LogP contribution in [0.4, 0.5) is 0 Å². The Hall–Kier alpha value is -2.63. The summed E-state index contributed by atoms with van der Waals surface area (Å²) in [6, 6.07) is 17.5. The predicted molar refractivity (Wildman–Crippen MR) is 111 cm³/mol. The molecule has 0 atom stereocenters. The zero-order valence-electron chi connectivity index (χ0n) is 15.8. The van der Waals surface area contributed by atoms with Crippen molar-refractivity contribution in [1.29, 1.82) is 0 Å². The Kier molecular flexibility index (Phi) is 5.20. The van der Waals surface area contributed by atoms with Crippen LogP contribution in [-0.2, 0) is 33.1 Å². The Morgan fingerprint density at radius 3 is 2.46 bits per heavy atom. The van der Waals surface area contributed by atoms with Gasteiger partial charge in [0.2, 0.25) is 0 Å². The van der Waals surface area contributed by atoms with Gasteiger partial charge < -0.3 is 4.57 Å². The van der Waals surface area contributed by atoms with Gasteiger partial charge in [-0.15, -0.1) is 0 Å². The zero-order valence-corrected chi connectivity index (χ0v) is 16.5. The van der Waals surface area contributed by atoms with Crippen LogP contribution in [0.25, 0.3) is 0 Å². The topological polar surface area (TPSA) is 47.2 Å². The maximum Gasteiger partial charge on any atom is 0.331 e. The summed E-state index contributed by atoms with van der Waals surface area (Å²) in [6.07, 6.45) is 0.696. The summed E-state index contributed by atoms with van der Waals surface area (Å²) in [7, 11) is 1.75. The van der Waals surface area contributed by atoms with Crippen LogP contribution in [0.5, 0.6) is 0 Å². The molecule has 2 heterocycles. The number of benzene rings is 2. The van der Waals surface area contributed by atoms with Crippen molar-refractivity contribution in [2.45, 2.75) is 26.1 Å². The van der Waals surface area contributed by atoms with Crippen LogP contribution >= 0.6 is 11.6 Å². The summed E-state index contributed by atoms with van der Waals surface area (Å²) < 4.78 is 2.94. The summed E-state index contributed by atoms with van der Waals surface area (Å²) in [5.41, 5.74) is 3.14. The molecule has 0 saturated carbocycles. The first-order valence-corrected chi connectivity index (χ1v) is 9.73. The molecule has 0 N–H and O–H groups in total. The number of hydrogen-bond donors (Lipinski definition) is 0. The highest BCUT2D eigenvalue weighted by molar-refractivity contribution is 6.30. The van der Waals surface area contributed by atoms with Crippen molar-refractivity contribution in [2.75, 3.05) is 6.54 Å². The number of fused-ring (bicyclic) bond motifs is 1. The first kappa shape index (κ1) is 18.7. The Morgan fingerprint density at radius 2 is 1.71 bits per heavy atom. The summed E-state index contributed by atoms with van der Waals surface area (Å²) in [5, 5.41) is 0.592. The monoisotopic (exact) mass is 395 g/mol. The molecule has 144 valence electrons. The molecule has 1 aliphatic rings. The molecule has 0 bridgehead atoms. The molecule has 0 amide bonds. The van der Waals surface area contributed by atoms with E-state index in [2.05, 4.69) is 17.0 Å². The van der Waals surface area contributed by atoms with E-state index < -0.39 is 0 Å². The van der Waals surface area contributed by atoms with Crippen molar-refractivity contribution in [3.8, 4) is 0 Å². The van der Waals surface area contributed by atoms with Gasteiger partial charge in [-0.05, 0) is 23.3 Å². The van der Waals surface area contributed by atoms with Gasteiger partial charge in [0.15, 0.2) is 0 Å². The van der Waals surface area contributed by atoms with E-state index in [1.807, 2.05) is 30.3 Å². The third-order valence-electron chi connectivity index (χ3n) is 5.30. The van der Waals surface area contributed by atoms with Gasteiger partial charge in [0.05, 0.1) is 12.1 Å². The van der Waals surface area contributed by atoms with Gasteiger partial charge in [0, 0.05) is 43.8 Å². The van der Waals surface area contributed by atoms with Gasteiger partial charge in [0.25, 0.3) is 5.56 Å². The van der Waals surface area contributed by atoms with Crippen LogP contribution in [0.3, 0.4) is 0 Å². The highest BCUT2D eigenvalue weighted by Gasteiger charge is 2.24. The lowest BCUT2D eigenvalue weighted by molar-refractivity contribution is 0.237. The second-order valence-electron chi connectivity index (χ2n) is 7.23. The SMILES string of the molecule is Cn1c2c(c(=O)n(Cc3cccc(Cl)c3)c1=O)CN(Cc1ccccc1)CC2. The molecule has 0 spiro atoms. The van der Waals surface area contributed by atoms with Crippen LogP contribution in [0, 0.1) is 0 Å². The van der Waals surface area contributed by atoms with E-state index in [0.29, 0.717) is 23.6 Å². The minimum absolute atomic E-state index is 0.198. The van der Waals surface area contributed by atoms with Crippen LogP contribution in [0.1, 0.15) is 22.4 Å². The molecule has 28 heavy (non-hydrogen) atoms. The van der Waals surface area contributed by atoms with Crippen LogP contribution in [-0.4, -0.2) is 20.6 Å². The van der Waals surface area contributed by atoms with Gasteiger partial charge in [0.1, 0.15) is 0 Å². The summed E-state index contributed by atoms with van der Waals surface area (Å²) >= 11 is 6.06. The quantitative estimate of drug-likeness (QED) is 0.682. The molecule has 0 saturated heterocycles. The molecule has 2 aromatic carbocycles. The number of rotatable bonds is 4. The van der Waals surface area contributed by atoms with Gasteiger partial charge in [-0.1, -0.05) is 54.1 Å². The van der Waals surface area contributed by atoms with Crippen molar-refractivity contribution in [2.24, 2.45) is 7.05 Å². The molecular weight excluding hydrogens is 374 g/mol. The van der Waals surface area contributed by atoms with Crippen LogP contribution in [0.2, 0.25) is 5.02 Å². The molecule has 1 aromatic heterocycles. The lowest BCUT2D eigenvalue weighted by Gasteiger charge is -2.29. The van der Waals surface area contributed by atoms with Crippen molar-refractivity contribution >= 4 is 11.6 Å². The summed E-state index contributed by atoms with van der Waals surface area (Å²) in [5.74, 6) is 0. The van der Waals surface area contributed by atoms with Gasteiger partial charge in [-0.2, -0.15) is 0 Å². The maximum atomic E-state index is 13.2. The fourth-order valence-electron chi connectivity index (χ4n) is 3.85. The van der Waals surface area contributed by atoms with E-state index in [0.717, 1.165) is 24.3 Å². The van der Waals surface area contributed by atoms with E-state index in [-0.39, 0.29) is 17.8 Å². The fourth-order valence-corrected chi connectivity index (χ4v) is 4.06. The third kappa shape index (κ3) is 3.68. The first-order valence-electron chi connectivity index (χ1n) is 9.35. The first-order chi connectivity index (χ1) is 13.5. The zero-order chi connectivity index (χ0) is 19.7. The van der Waals surface area contributed by atoms with Gasteiger partial charge >= 0.3 is 5.69 Å². The Labute approximate surface area is 168 Å². The number of hydrogen-bond acceptors (Lipinski definition) is 3. The lowest BCUT2D eigenvalue weighted by Crippen LogP contribution is -2.47. The number of aromatic nitrogens is 2. The van der Waals surface area contributed by atoms with Gasteiger partial charge in [-0.3, -0.25) is 14.3 Å². The normalized spacial score (nSPS) is 14.1. The molecular formula is C22H22ClN3O2. The van der Waals surface area contributed by atoms with Gasteiger partial charge in [-0.25, -0.2) is 4.79 Å². The Bertz CT molecular complexity index is 1120. The van der Waals surface area contributed by atoms with Crippen LogP contribution in [0.15, 0.2) is 64.2 Å². The number of nitrogens with zero attached hydrogens (tertiary/aromatic N) is 3. The van der Waals surface area contributed by atoms with E-state index in [1.165, 1.54) is 10.1 Å². The largest absolute Gasteiger partial charge is 0.331 e. The summed E-state index contributed by atoms with van der Waals surface area (Å²) in [4.78, 5) is 28.2. The Morgan fingerprint density at radius 1 is 0.964 bits per heavy atom. The maximum absolute atomic E-state index is 13.2. The smallest absolute Gasteiger partial charge is 0.300 e. The molecule has 4 rings (SSSR count). The number of halogens is 1. The summed E-state index contributed by atoms with van der Waals surface area (Å²) in [6.45, 7) is 2.38.